The first-order valence-corrected chi connectivity index (χ1v) is 5.05. The van der Waals surface area contributed by atoms with E-state index in [1.54, 1.807) is 0 Å². The molecule has 3 rings (SSSR count). The van der Waals surface area contributed by atoms with Crippen molar-refractivity contribution in [3.8, 4) is 0 Å². The fourth-order valence-electron chi connectivity index (χ4n) is 2.02. The van der Waals surface area contributed by atoms with Crippen molar-refractivity contribution in [3.05, 3.63) is 48.5 Å². The third kappa shape index (κ3) is 1.18. The van der Waals surface area contributed by atoms with Crippen molar-refractivity contribution in [3.63, 3.8) is 0 Å². The second kappa shape index (κ2) is 3.02. The zero-order chi connectivity index (χ0) is 10.3. The van der Waals surface area contributed by atoms with Crippen LogP contribution in [0.15, 0.2) is 48.5 Å². The van der Waals surface area contributed by atoms with Crippen LogP contribution in [-0.4, -0.2) is 7.05 Å². The molecule has 1 aliphatic heterocycles. The predicted octanol–water partition coefficient (Wildman–Crippen LogP) is 3.51. The molecule has 0 fully saturated rings. The van der Waals surface area contributed by atoms with E-state index in [-0.39, 0.29) is 0 Å². The normalized spacial score (nSPS) is 12.7. The first-order valence-electron chi connectivity index (χ1n) is 5.05. The van der Waals surface area contributed by atoms with Gasteiger partial charge in [0.25, 0.3) is 0 Å². The molecule has 0 atom stereocenters. The summed E-state index contributed by atoms with van der Waals surface area (Å²) in [4.78, 5) is 2.21. The Bertz CT molecular complexity index is 460. The summed E-state index contributed by atoms with van der Waals surface area (Å²) in [5.41, 5.74) is 4.77. The van der Waals surface area contributed by atoms with Crippen LogP contribution in [0, 0.1) is 0 Å². The number of hydrogen-bond acceptors (Lipinski definition) is 2. The summed E-state index contributed by atoms with van der Waals surface area (Å²) < 4.78 is 0. The monoisotopic (exact) mass is 196 g/mol. The Labute approximate surface area is 89.2 Å². The van der Waals surface area contributed by atoms with Gasteiger partial charge in [-0.25, -0.2) is 0 Å². The molecular formula is C13H12N2. The van der Waals surface area contributed by atoms with E-state index in [2.05, 4.69) is 53.7 Å². The van der Waals surface area contributed by atoms with Gasteiger partial charge in [0, 0.05) is 7.05 Å². The van der Waals surface area contributed by atoms with Crippen LogP contribution in [0.4, 0.5) is 22.7 Å². The first kappa shape index (κ1) is 8.36. The molecule has 0 radical (unpaired) electrons. The lowest BCUT2D eigenvalue weighted by molar-refractivity contribution is 1.19. The van der Waals surface area contributed by atoms with Crippen LogP contribution in [0.1, 0.15) is 0 Å². The number of benzene rings is 2. The number of hydrogen-bond donors (Lipinski definition) is 1. The number of fused-ring (bicyclic) bond motifs is 2. The van der Waals surface area contributed by atoms with Crippen molar-refractivity contribution >= 4 is 22.7 Å². The zero-order valence-electron chi connectivity index (χ0n) is 8.57. The van der Waals surface area contributed by atoms with E-state index >= 15 is 0 Å². The maximum absolute atomic E-state index is 3.43. The highest BCUT2D eigenvalue weighted by Crippen LogP contribution is 2.41. The average molecular weight is 196 g/mol. The van der Waals surface area contributed by atoms with Gasteiger partial charge in [0.15, 0.2) is 0 Å². The molecule has 0 spiro atoms. The fourth-order valence-corrected chi connectivity index (χ4v) is 2.02. The Morgan fingerprint density at radius 1 is 0.800 bits per heavy atom. The minimum Gasteiger partial charge on any atom is -0.352 e. The van der Waals surface area contributed by atoms with Crippen LogP contribution >= 0.6 is 0 Å². The molecule has 0 amide bonds. The van der Waals surface area contributed by atoms with Gasteiger partial charge in [-0.3, -0.25) is 0 Å². The Balaban J connectivity index is 2.20. The van der Waals surface area contributed by atoms with E-state index in [9.17, 15) is 0 Å². The van der Waals surface area contributed by atoms with Gasteiger partial charge in [-0.05, 0) is 24.3 Å². The quantitative estimate of drug-likeness (QED) is 0.693. The second-order valence-electron chi connectivity index (χ2n) is 3.72. The minimum absolute atomic E-state index is 1.17. The summed E-state index contributed by atoms with van der Waals surface area (Å²) in [6, 6.07) is 16.7. The molecular weight excluding hydrogens is 184 g/mol. The number of anilines is 4. The lowest BCUT2D eigenvalue weighted by Gasteiger charge is -2.30. The van der Waals surface area contributed by atoms with Crippen molar-refractivity contribution in [2.24, 2.45) is 0 Å². The Morgan fingerprint density at radius 2 is 1.27 bits per heavy atom. The van der Waals surface area contributed by atoms with Gasteiger partial charge >= 0.3 is 0 Å². The second-order valence-corrected chi connectivity index (χ2v) is 3.72. The van der Waals surface area contributed by atoms with Crippen LogP contribution in [0.25, 0.3) is 0 Å². The molecule has 2 aromatic rings. The lowest BCUT2D eigenvalue weighted by Crippen LogP contribution is -2.17. The molecule has 0 aliphatic carbocycles. The molecule has 15 heavy (non-hydrogen) atoms. The summed E-state index contributed by atoms with van der Waals surface area (Å²) in [7, 11) is 2.10. The van der Waals surface area contributed by atoms with Gasteiger partial charge in [0.05, 0.1) is 22.7 Å². The molecule has 1 aliphatic rings. The first-order chi connectivity index (χ1) is 7.36. The van der Waals surface area contributed by atoms with E-state index in [1.165, 1.54) is 22.7 Å². The summed E-state index contributed by atoms with van der Waals surface area (Å²) in [6.07, 6.45) is 0. The number of rotatable bonds is 0. The van der Waals surface area contributed by atoms with Crippen LogP contribution in [0.2, 0.25) is 0 Å². The van der Waals surface area contributed by atoms with E-state index in [0.717, 1.165) is 0 Å². The van der Waals surface area contributed by atoms with Crippen LogP contribution < -0.4 is 10.2 Å². The Morgan fingerprint density at radius 3 is 1.80 bits per heavy atom. The van der Waals surface area contributed by atoms with Gasteiger partial charge in [-0.2, -0.15) is 0 Å². The molecule has 1 heterocycles. The number of para-hydroxylation sites is 4. The van der Waals surface area contributed by atoms with Gasteiger partial charge in [-0.15, -0.1) is 0 Å². The summed E-state index contributed by atoms with van der Waals surface area (Å²) in [5.74, 6) is 0. The average Bonchev–Trinajstić information content (AvgIpc) is 2.30. The van der Waals surface area contributed by atoms with Gasteiger partial charge in [0.2, 0.25) is 0 Å². The van der Waals surface area contributed by atoms with Crippen LogP contribution in [-0.2, 0) is 0 Å². The zero-order valence-corrected chi connectivity index (χ0v) is 8.57. The molecule has 2 nitrogen and oxygen atoms in total. The van der Waals surface area contributed by atoms with Crippen molar-refractivity contribution in [2.45, 2.75) is 0 Å². The predicted molar refractivity (Wildman–Crippen MR) is 64.2 cm³/mol. The van der Waals surface area contributed by atoms with E-state index in [1.807, 2.05) is 12.1 Å². The maximum atomic E-state index is 3.43. The van der Waals surface area contributed by atoms with Crippen LogP contribution in [0.3, 0.4) is 0 Å². The minimum atomic E-state index is 1.17. The summed E-state index contributed by atoms with van der Waals surface area (Å²) in [5, 5.41) is 3.43. The lowest BCUT2D eigenvalue weighted by atomic mass is 10.1. The standard InChI is InChI=1S/C13H12N2/c1-15-12-8-4-2-6-10(12)14-11-7-3-5-9-13(11)15/h2-9,14H,1H3. The topological polar surface area (TPSA) is 15.3 Å². The van der Waals surface area contributed by atoms with Gasteiger partial charge < -0.3 is 10.2 Å². The highest BCUT2D eigenvalue weighted by atomic mass is 15.2. The Kier molecular flexibility index (Phi) is 1.68. The van der Waals surface area contributed by atoms with Gasteiger partial charge in [0.1, 0.15) is 0 Å². The van der Waals surface area contributed by atoms with Crippen LogP contribution in [0.5, 0.6) is 0 Å². The maximum Gasteiger partial charge on any atom is 0.0647 e. The molecule has 1 N–H and O–H groups in total. The molecule has 0 saturated heterocycles. The molecule has 2 aromatic carbocycles. The number of nitrogens with one attached hydrogen (secondary N) is 1. The summed E-state index contributed by atoms with van der Waals surface area (Å²) >= 11 is 0. The number of nitrogens with zero attached hydrogens (tertiary/aromatic N) is 1. The molecule has 0 saturated carbocycles. The highest BCUT2D eigenvalue weighted by molar-refractivity contribution is 5.91. The van der Waals surface area contributed by atoms with E-state index in [4.69, 9.17) is 0 Å². The fraction of sp³-hybridized carbons (Fsp3) is 0.0769. The van der Waals surface area contributed by atoms with Crippen molar-refractivity contribution in [1.82, 2.24) is 0 Å². The third-order valence-electron chi connectivity index (χ3n) is 2.80. The summed E-state index contributed by atoms with van der Waals surface area (Å²) in [6.45, 7) is 0. The molecule has 0 bridgehead atoms. The Hall–Kier alpha value is -1.96. The van der Waals surface area contributed by atoms with Crippen molar-refractivity contribution in [2.75, 3.05) is 17.3 Å². The van der Waals surface area contributed by atoms with Gasteiger partial charge in [-0.1, -0.05) is 24.3 Å². The molecule has 0 unspecified atom stereocenters. The molecule has 2 heteroatoms. The SMILES string of the molecule is CN1c2ccccc2Nc2ccccc21. The van der Waals surface area contributed by atoms with E-state index < -0.39 is 0 Å². The molecule has 0 aromatic heterocycles. The largest absolute Gasteiger partial charge is 0.352 e. The third-order valence-corrected chi connectivity index (χ3v) is 2.80. The highest BCUT2D eigenvalue weighted by Gasteiger charge is 2.17. The smallest absolute Gasteiger partial charge is 0.0647 e. The van der Waals surface area contributed by atoms with E-state index in [0.29, 0.717) is 0 Å². The van der Waals surface area contributed by atoms with Crippen molar-refractivity contribution < 1.29 is 0 Å². The van der Waals surface area contributed by atoms with Crippen molar-refractivity contribution in [1.29, 1.82) is 0 Å². The molecule has 74 valence electrons.